The monoisotopic (exact) mass is 345 g/mol. The first-order valence-electron chi connectivity index (χ1n) is 8.08. The summed E-state index contributed by atoms with van der Waals surface area (Å²) in [5.41, 5.74) is 4.98. The zero-order chi connectivity index (χ0) is 18.1. The van der Waals surface area contributed by atoms with Gasteiger partial charge in [-0.2, -0.15) is 0 Å². The fourth-order valence-corrected chi connectivity index (χ4v) is 2.38. The molecule has 9 heteroatoms. The van der Waals surface area contributed by atoms with Gasteiger partial charge in [-0.25, -0.2) is 4.79 Å². The molecular formula is C15H27N3O6. The van der Waals surface area contributed by atoms with E-state index in [2.05, 4.69) is 10.6 Å². The van der Waals surface area contributed by atoms with E-state index in [1.807, 2.05) is 13.8 Å². The Labute approximate surface area is 141 Å². The molecule has 0 aromatic carbocycles. The van der Waals surface area contributed by atoms with Gasteiger partial charge in [0, 0.05) is 25.6 Å². The van der Waals surface area contributed by atoms with Crippen molar-refractivity contribution in [2.75, 3.05) is 26.3 Å². The van der Waals surface area contributed by atoms with Crippen LogP contribution in [0.3, 0.4) is 0 Å². The smallest absolute Gasteiger partial charge is 0.404 e. The van der Waals surface area contributed by atoms with Crippen molar-refractivity contribution in [2.24, 2.45) is 17.6 Å². The number of ether oxygens (including phenoxy) is 2. The Morgan fingerprint density at radius 3 is 2.71 bits per heavy atom. The summed E-state index contributed by atoms with van der Waals surface area (Å²) >= 11 is 0. The number of amides is 3. The van der Waals surface area contributed by atoms with E-state index in [-0.39, 0.29) is 18.9 Å². The lowest BCUT2D eigenvalue weighted by Gasteiger charge is -2.23. The van der Waals surface area contributed by atoms with Crippen LogP contribution in [0.15, 0.2) is 0 Å². The molecule has 3 amide bonds. The quantitative estimate of drug-likeness (QED) is 0.379. The minimum absolute atomic E-state index is 0.0349. The van der Waals surface area contributed by atoms with E-state index in [4.69, 9.17) is 15.2 Å². The molecule has 0 bridgehead atoms. The molecule has 2 unspecified atom stereocenters. The molecule has 0 spiro atoms. The van der Waals surface area contributed by atoms with Crippen molar-refractivity contribution < 1.29 is 29.0 Å². The third-order valence-corrected chi connectivity index (χ3v) is 3.56. The highest BCUT2D eigenvalue weighted by atomic mass is 16.6. The Balaban J connectivity index is 2.46. The van der Waals surface area contributed by atoms with Crippen molar-refractivity contribution in [1.82, 2.24) is 10.6 Å². The van der Waals surface area contributed by atoms with E-state index in [0.717, 1.165) is 0 Å². The van der Waals surface area contributed by atoms with E-state index in [0.29, 0.717) is 32.1 Å². The van der Waals surface area contributed by atoms with Gasteiger partial charge in [-0.1, -0.05) is 13.8 Å². The second-order valence-corrected chi connectivity index (χ2v) is 6.19. The maximum atomic E-state index is 12.0. The molecule has 0 radical (unpaired) electrons. The van der Waals surface area contributed by atoms with Crippen LogP contribution in [-0.2, 0) is 19.1 Å². The first-order valence-corrected chi connectivity index (χ1v) is 8.08. The molecule has 1 aliphatic rings. The summed E-state index contributed by atoms with van der Waals surface area (Å²) in [5, 5.41) is 15.2. The Bertz CT molecular complexity index is 443. The number of hydrogen-bond donors (Lipinski definition) is 4. The van der Waals surface area contributed by atoms with E-state index in [1.54, 1.807) is 0 Å². The average Bonchev–Trinajstić information content (AvgIpc) is 2.89. The summed E-state index contributed by atoms with van der Waals surface area (Å²) in [6.07, 6.45) is -3.29. The maximum absolute atomic E-state index is 12.0. The molecule has 1 saturated heterocycles. The summed E-state index contributed by atoms with van der Waals surface area (Å²) in [6.45, 7) is 5.63. The predicted molar refractivity (Wildman–Crippen MR) is 84.9 cm³/mol. The van der Waals surface area contributed by atoms with Gasteiger partial charge >= 0.3 is 6.09 Å². The molecule has 0 aromatic rings. The molecule has 0 saturated carbocycles. The number of primary amides is 1. The molecule has 1 heterocycles. The van der Waals surface area contributed by atoms with Crippen LogP contribution >= 0.6 is 0 Å². The van der Waals surface area contributed by atoms with Crippen LogP contribution in [0.5, 0.6) is 0 Å². The third-order valence-electron chi connectivity index (χ3n) is 3.56. The zero-order valence-electron chi connectivity index (χ0n) is 14.1. The maximum Gasteiger partial charge on any atom is 0.404 e. The summed E-state index contributed by atoms with van der Waals surface area (Å²) in [7, 11) is 0. The molecule has 0 aromatic heterocycles. The summed E-state index contributed by atoms with van der Waals surface area (Å²) in [5.74, 6) is -0.932. The van der Waals surface area contributed by atoms with Crippen LogP contribution in [0.25, 0.3) is 0 Å². The zero-order valence-corrected chi connectivity index (χ0v) is 14.1. The largest absolute Gasteiger partial charge is 0.443 e. The minimum atomic E-state index is -1.60. The first kappa shape index (κ1) is 20.2. The van der Waals surface area contributed by atoms with Crippen molar-refractivity contribution in [3.05, 3.63) is 0 Å². The molecule has 1 rings (SSSR count). The van der Waals surface area contributed by atoms with Gasteiger partial charge in [-0.3, -0.25) is 9.59 Å². The average molecular weight is 345 g/mol. The lowest BCUT2D eigenvalue weighted by molar-refractivity contribution is -0.137. The molecule has 1 fully saturated rings. The van der Waals surface area contributed by atoms with E-state index >= 15 is 0 Å². The Hall–Kier alpha value is -1.87. The molecule has 0 aliphatic carbocycles. The van der Waals surface area contributed by atoms with Gasteiger partial charge in [0.1, 0.15) is 6.10 Å². The van der Waals surface area contributed by atoms with Gasteiger partial charge in [0.05, 0.1) is 6.61 Å². The molecule has 9 nitrogen and oxygen atoms in total. The van der Waals surface area contributed by atoms with Crippen LogP contribution in [0.1, 0.15) is 26.7 Å². The van der Waals surface area contributed by atoms with Crippen LogP contribution in [0.4, 0.5) is 4.79 Å². The molecule has 1 aliphatic heterocycles. The fourth-order valence-electron chi connectivity index (χ4n) is 2.38. The standard InChI is InChI=1S/C15H27N3O6/c1-9(2)8-23-6-5-18-14(21)12(19)11(24-15(16)22)7-10-3-4-17-13(10)20/h9-12,19H,3-8H2,1-2H3,(H2,16,22)(H,17,20)(H,18,21)/t10?,11-,12?/m0/s1. The number of hydrogen-bond acceptors (Lipinski definition) is 6. The topological polar surface area (TPSA) is 140 Å². The summed E-state index contributed by atoms with van der Waals surface area (Å²) < 4.78 is 10.1. The highest BCUT2D eigenvalue weighted by Gasteiger charge is 2.35. The first-order chi connectivity index (χ1) is 11.3. The number of aliphatic hydroxyl groups is 1. The molecule has 138 valence electrons. The second kappa shape index (κ2) is 10.1. The number of rotatable bonds is 10. The Kier molecular flexibility index (Phi) is 8.48. The predicted octanol–water partition coefficient (Wildman–Crippen LogP) is -0.874. The van der Waals surface area contributed by atoms with Crippen LogP contribution in [-0.4, -0.2) is 61.5 Å². The number of nitrogens with one attached hydrogen (secondary N) is 2. The SMILES string of the molecule is CC(C)COCCNC(=O)C(O)[C@H](CC1CCNC1=O)OC(N)=O. The number of carbonyl (C=O) groups is 3. The van der Waals surface area contributed by atoms with Gasteiger partial charge in [0.15, 0.2) is 6.10 Å². The van der Waals surface area contributed by atoms with Crippen LogP contribution < -0.4 is 16.4 Å². The summed E-state index contributed by atoms with van der Waals surface area (Å²) in [4.78, 5) is 34.6. The van der Waals surface area contributed by atoms with Crippen LogP contribution in [0.2, 0.25) is 0 Å². The van der Waals surface area contributed by atoms with Gasteiger partial charge < -0.3 is 30.9 Å². The molecule has 5 N–H and O–H groups in total. The second-order valence-electron chi connectivity index (χ2n) is 6.19. The summed E-state index contributed by atoms with van der Waals surface area (Å²) in [6, 6.07) is 0. The van der Waals surface area contributed by atoms with E-state index in [9.17, 15) is 19.5 Å². The minimum Gasteiger partial charge on any atom is -0.443 e. The van der Waals surface area contributed by atoms with Crippen molar-refractivity contribution >= 4 is 17.9 Å². The number of carbonyl (C=O) groups excluding carboxylic acids is 3. The molecular weight excluding hydrogens is 318 g/mol. The lowest BCUT2D eigenvalue weighted by atomic mass is 9.96. The van der Waals surface area contributed by atoms with Crippen molar-refractivity contribution in [3.63, 3.8) is 0 Å². The fraction of sp³-hybridized carbons (Fsp3) is 0.800. The number of aliphatic hydroxyl groups excluding tert-OH is 1. The van der Waals surface area contributed by atoms with Gasteiger partial charge in [-0.15, -0.1) is 0 Å². The van der Waals surface area contributed by atoms with Crippen molar-refractivity contribution in [2.45, 2.75) is 38.9 Å². The van der Waals surface area contributed by atoms with E-state index in [1.165, 1.54) is 0 Å². The van der Waals surface area contributed by atoms with Gasteiger partial charge in [-0.05, 0) is 18.8 Å². The Morgan fingerprint density at radius 1 is 1.46 bits per heavy atom. The molecule has 24 heavy (non-hydrogen) atoms. The third kappa shape index (κ3) is 7.14. The van der Waals surface area contributed by atoms with Crippen molar-refractivity contribution in [3.8, 4) is 0 Å². The lowest BCUT2D eigenvalue weighted by Crippen LogP contribution is -2.46. The number of nitrogens with two attached hydrogens (primary N) is 1. The van der Waals surface area contributed by atoms with Gasteiger partial charge in [0.25, 0.3) is 5.91 Å². The highest BCUT2D eigenvalue weighted by Crippen LogP contribution is 2.20. The van der Waals surface area contributed by atoms with Crippen LogP contribution in [0, 0.1) is 11.8 Å². The van der Waals surface area contributed by atoms with E-state index < -0.39 is 30.1 Å². The molecule has 3 atom stereocenters. The normalized spacial score (nSPS) is 19.7. The van der Waals surface area contributed by atoms with Crippen molar-refractivity contribution in [1.29, 1.82) is 0 Å². The Morgan fingerprint density at radius 2 is 2.17 bits per heavy atom. The highest BCUT2D eigenvalue weighted by molar-refractivity contribution is 5.83. The van der Waals surface area contributed by atoms with Gasteiger partial charge in [0.2, 0.25) is 5.91 Å².